The van der Waals surface area contributed by atoms with E-state index in [0.717, 1.165) is 5.56 Å². The minimum atomic E-state index is -0.811. The van der Waals surface area contributed by atoms with Crippen molar-refractivity contribution in [3.63, 3.8) is 0 Å². The fourth-order valence-electron chi connectivity index (χ4n) is 2.30. The van der Waals surface area contributed by atoms with Crippen molar-refractivity contribution in [1.29, 1.82) is 0 Å². The molecule has 0 aliphatic carbocycles. The predicted octanol–water partition coefficient (Wildman–Crippen LogP) is 2.86. The van der Waals surface area contributed by atoms with Crippen molar-refractivity contribution in [2.75, 3.05) is 12.4 Å². The molecule has 1 heterocycles. The van der Waals surface area contributed by atoms with E-state index in [0.29, 0.717) is 27.5 Å². The first-order chi connectivity index (χ1) is 12.0. The summed E-state index contributed by atoms with van der Waals surface area (Å²) < 4.78 is 5.26. The van der Waals surface area contributed by atoms with Crippen LogP contribution in [0.2, 0.25) is 5.02 Å². The van der Waals surface area contributed by atoms with Crippen LogP contribution in [0.25, 0.3) is 11.0 Å². The monoisotopic (exact) mass is 360 g/mol. The Balaban J connectivity index is 1.76. The Bertz CT molecular complexity index is 925. The van der Waals surface area contributed by atoms with E-state index in [9.17, 15) is 4.79 Å². The van der Waals surface area contributed by atoms with Crippen molar-refractivity contribution < 1.29 is 14.4 Å². The maximum Gasteiger partial charge on any atom is 0.268 e. The molecule has 0 unspecified atom stereocenters. The average molecular weight is 361 g/mol. The standard InChI is InChI=1S/C17H17ClN4O3/c1-10-4-7-16(24-3)14(8-10)19-17(23)11(2)25-22-15-9-12(18)5-6-13(15)20-21-22/h4-9,11H,1-3H3,(H,19,23)/t11-/m0/s1. The van der Waals surface area contributed by atoms with Crippen LogP contribution in [0, 0.1) is 6.92 Å². The number of carbonyl (C=O) groups excluding carboxylic acids is 1. The summed E-state index contributed by atoms with van der Waals surface area (Å²) in [5, 5.41) is 11.2. The number of hydrogen-bond acceptors (Lipinski definition) is 5. The smallest absolute Gasteiger partial charge is 0.268 e. The number of rotatable bonds is 5. The molecule has 1 amide bonds. The molecule has 0 aliphatic heterocycles. The van der Waals surface area contributed by atoms with Gasteiger partial charge in [0.25, 0.3) is 5.91 Å². The van der Waals surface area contributed by atoms with Gasteiger partial charge in [-0.05, 0) is 55.0 Å². The molecular formula is C17H17ClN4O3. The summed E-state index contributed by atoms with van der Waals surface area (Å²) >= 11 is 5.98. The quantitative estimate of drug-likeness (QED) is 0.757. The molecule has 0 fully saturated rings. The lowest BCUT2D eigenvalue weighted by molar-refractivity contribution is -0.127. The highest BCUT2D eigenvalue weighted by atomic mass is 35.5. The van der Waals surface area contributed by atoms with Gasteiger partial charge in [0.1, 0.15) is 16.8 Å². The molecule has 0 spiro atoms. The lowest BCUT2D eigenvalue weighted by Crippen LogP contribution is -2.35. The number of amides is 1. The Morgan fingerprint density at radius 2 is 2.08 bits per heavy atom. The van der Waals surface area contributed by atoms with Crippen LogP contribution in [0.4, 0.5) is 5.69 Å². The Hall–Kier alpha value is -2.80. The molecule has 1 atom stereocenters. The number of benzene rings is 2. The zero-order chi connectivity index (χ0) is 18.0. The van der Waals surface area contributed by atoms with Crippen LogP contribution in [0.15, 0.2) is 36.4 Å². The molecule has 8 heteroatoms. The molecule has 0 saturated carbocycles. The second-order valence-corrected chi connectivity index (χ2v) is 5.97. The molecule has 2 aromatic carbocycles. The summed E-state index contributed by atoms with van der Waals surface area (Å²) in [6.07, 6.45) is -0.811. The number of aromatic nitrogens is 3. The summed E-state index contributed by atoms with van der Waals surface area (Å²) in [6, 6.07) is 10.6. The van der Waals surface area contributed by atoms with E-state index in [1.807, 2.05) is 19.1 Å². The zero-order valence-corrected chi connectivity index (χ0v) is 14.7. The fourth-order valence-corrected chi connectivity index (χ4v) is 2.47. The number of anilines is 1. The number of nitrogens with one attached hydrogen (secondary N) is 1. The van der Waals surface area contributed by atoms with Crippen molar-refractivity contribution in [2.45, 2.75) is 20.0 Å². The number of nitrogens with zero attached hydrogens (tertiary/aromatic N) is 3. The first kappa shape index (κ1) is 17.0. The maximum atomic E-state index is 12.4. The third kappa shape index (κ3) is 3.66. The molecule has 0 radical (unpaired) electrons. The second kappa shape index (κ2) is 6.98. The molecule has 1 N–H and O–H groups in total. The average Bonchev–Trinajstić information content (AvgIpc) is 2.97. The topological polar surface area (TPSA) is 78.3 Å². The first-order valence-electron chi connectivity index (χ1n) is 7.61. The van der Waals surface area contributed by atoms with E-state index in [1.54, 1.807) is 38.3 Å². The van der Waals surface area contributed by atoms with Gasteiger partial charge in [0, 0.05) is 5.02 Å². The predicted molar refractivity (Wildman–Crippen MR) is 94.9 cm³/mol. The highest BCUT2D eigenvalue weighted by molar-refractivity contribution is 6.31. The lowest BCUT2D eigenvalue weighted by atomic mass is 10.2. The molecule has 25 heavy (non-hydrogen) atoms. The molecule has 0 aliphatic rings. The third-order valence-corrected chi connectivity index (χ3v) is 3.85. The third-order valence-electron chi connectivity index (χ3n) is 3.62. The van der Waals surface area contributed by atoms with Crippen molar-refractivity contribution in [2.24, 2.45) is 0 Å². The Kier molecular flexibility index (Phi) is 4.76. The molecule has 7 nitrogen and oxygen atoms in total. The van der Waals surface area contributed by atoms with Crippen LogP contribution < -0.4 is 14.9 Å². The Morgan fingerprint density at radius 1 is 1.28 bits per heavy atom. The molecule has 3 rings (SSSR count). The molecule has 1 aromatic heterocycles. The summed E-state index contributed by atoms with van der Waals surface area (Å²) in [5.74, 6) is 0.235. The molecule has 0 bridgehead atoms. The number of methoxy groups -OCH3 is 1. The summed E-state index contributed by atoms with van der Waals surface area (Å²) in [7, 11) is 1.55. The van der Waals surface area contributed by atoms with Gasteiger partial charge in [-0.15, -0.1) is 5.10 Å². The second-order valence-electron chi connectivity index (χ2n) is 5.54. The van der Waals surface area contributed by atoms with Gasteiger partial charge >= 0.3 is 0 Å². The van der Waals surface area contributed by atoms with E-state index >= 15 is 0 Å². The van der Waals surface area contributed by atoms with Crippen LogP contribution in [0.3, 0.4) is 0 Å². The summed E-state index contributed by atoms with van der Waals surface area (Å²) in [4.78, 5) is 19.2. The SMILES string of the molecule is COc1ccc(C)cc1NC(=O)[C@H](C)On1nnc2ccc(Cl)cc21. The molecular weight excluding hydrogens is 344 g/mol. The van der Waals surface area contributed by atoms with Crippen molar-refractivity contribution >= 4 is 34.2 Å². The van der Waals surface area contributed by atoms with Crippen molar-refractivity contribution in [3.05, 3.63) is 47.0 Å². The minimum Gasteiger partial charge on any atom is -0.495 e. The van der Waals surface area contributed by atoms with Gasteiger partial charge in [-0.2, -0.15) is 0 Å². The Labute approximate surface area is 149 Å². The van der Waals surface area contributed by atoms with Gasteiger partial charge in [0.05, 0.1) is 12.8 Å². The fraction of sp³-hybridized carbons (Fsp3) is 0.235. The number of aryl methyl sites for hydroxylation is 1. The van der Waals surface area contributed by atoms with Gasteiger partial charge in [-0.3, -0.25) is 4.79 Å². The summed E-state index contributed by atoms with van der Waals surface area (Å²) in [5.41, 5.74) is 2.79. The number of halogens is 1. The van der Waals surface area contributed by atoms with E-state index in [-0.39, 0.29) is 5.91 Å². The highest BCUT2D eigenvalue weighted by Gasteiger charge is 2.19. The van der Waals surface area contributed by atoms with Crippen molar-refractivity contribution in [1.82, 2.24) is 15.2 Å². The van der Waals surface area contributed by atoms with Crippen LogP contribution in [-0.2, 0) is 4.79 Å². The van der Waals surface area contributed by atoms with Gasteiger partial charge in [0.15, 0.2) is 0 Å². The molecule has 130 valence electrons. The van der Waals surface area contributed by atoms with Gasteiger partial charge in [-0.25, -0.2) is 0 Å². The summed E-state index contributed by atoms with van der Waals surface area (Å²) in [6.45, 7) is 3.55. The van der Waals surface area contributed by atoms with E-state index < -0.39 is 6.10 Å². The number of carbonyl (C=O) groups is 1. The van der Waals surface area contributed by atoms with Gasteiger partial charge in [-0.1, -0.05) is 22.5 Å². The maximum absolute atomic E-state index is 12.4. The lowest BCUT2D eigenvalue weighted by Gasteiger charge is -2.15. The minimum absolute atomic E-state index is 0.338. The number of ether oxygens (including phenoxy) is 1. The Morgan fingerprint density at radius 3 is 2.84 bits per heavy atom. The van der Waals surface area contributed by atoms with Gasteiger partial charge in [0.2, 0.25) is 6.10 Å². The number of fused-ring (bicyclic) bond motifs is 1. The van der Waals surface area contributed by atoms with E-state index in [2.05, 4.69) is 15.6 Å². The first-order valence-corrected chi connectivity index (χ1v) is 7.99. The van der Waals surface area contributed by atoms with Crippen LogP contribution in [0.5, 0.6) is 5.75 Å². The zero-order valence-electron chi connectivity index (χ0n) is 14.0. The number of hydrogen-bond donors (Lipinski definition) is 1. The van der Waals surface area contributed by atoms with Gasteiger partial charge < -0.3 is 14.9 Å². The normalized spacial score (nSPS) is 12.0. The van der Waals surface area contributed by atoms with E-state index in [4.69, 9.17) is 21.2 Å². The van der Waals surface area contributed by atoms with Crippen LogP contribution in [0.1, 0.15) is 12.5 Å². The van der Waals surface area contributed by atoms with E-state index in [1.165, 1.54) is 4.85 Å². The van der Waals surface area contributed by atoms with Crippen LogP contribution >= 0.6 is 11.6 Å². The highest BCUT2D eigenvalue weighted by Crippen LogP contribution is 2.25. The molecule has 0 saturated heterocycles. The largest absolute Gasteiger partial charge is 0.495 e. The van der Waals surface area contributed by atoms with Crippen molar-refractivity contribution in [3.8, 4) is 5.75 Å². The molecule has 3 aromatic rings. The van der Waals surface area contributed by atoms with Crippen LogP contribution in [-0.4, -0.2) is 34.3 Å².